The van der Waals surface area contributed by atoms with Gasteiger partial charge in [-0.3, -0.25) is 24.5 Å². The summed E-state index contributed by atoms with van der Waals surface area (Å²) in [5.74, 6) is -0.820. The largest absolute Gasteiger partial charge is 0.327 e. The fourth-order valence-electron chi connectivity index (χ4n) is 3.78. The molecule has 0 bridgehead atoms. The number of carbonyl (C=O) groups excluding carboxylic acids is 3. The van der Waals surface area contributed by atoms with Crippen LogP contribution in [0.1, 0.15) is 33.6 Å². The minimum absolute atomic E-state index is 0.111. The number of nitro groups is 1. The summed E-state index contributed by atoms with van der Waals surface area (Å²) in [4.78, 5) is 52.0. The summed E-state index contributed by atoms with van der Waals surface area (Å²) >= 11 is 0. The van der Waals surface area contributed by atoms with E-state index in [1.54, 1.807) is 29.2 Å². The van der Waals surface area contributed by atoms with Gasteiger partial charge in [0, 0.05) is 24.2 Å². The average Bonchev–Trinajstić information content (AvgIpc) is 3.18. The highest BCUT2D eigenvalue weighted by Gasteiger charge is 2.42. The van der Waals surface area contributed by atoms with Gasteiger partial charge in [0.05, 0.1) is 22.7 Å². The van der Waals surface area contributed by atoms with Crippen molar-refractivity contribution >= 4 is 29.0 Å². The van der Waals surface area contributed by atoms with Crippen molar-refractivity contribution < 1.29 is 19.3 Å². The van der Waals surface area contributed by atoms with Crippen LogP contribution in [-0.4, -0.2) is 46.6 Å². The second-order valence-corrected chi connectivity index (χ2v) is 6.83. The third-order valence-corrected chi connectivity index (χ3v) is 5.19. The van der Waals surface area contributed by atoms with E-state index in [1.807, 2.05) is 0 Å². The summed E-state index contributed by atoms with van der Waals surface area (Å²) < 4.78 is 0. The van der Waals surface area contributed by atoms with Crippen molar-refractivity contribution in [1.82, 2.24) is 4.90 Å². The van der Waals surface area contributed by atoms with Crippen LogP contribution in [0.25, 0.3) is 0 Å². The lowest BCUT2D eigenvalue weighted by Crippen LogP contribution is -2.46. The number of Topliss-reactive ketones (excluding diaryl/α,β-unsaturated/α-hetero) is 1. The van der Waals surface area contributed by atoms with Gasteiger partial charge >= 0.3 is 0 Å². The number of rotatable bonds is 4. The zero-order valence-corrected chi connectivity index (χ0v) is 14.9. The van der Waals surface area contributed by atoms with Gasteiger partial charge in [0.25, 0.3) is 11.6 Å². The lowest BCUT2D eigenvalue weighted by molar-refractivity contribution is -0.384. The van der Waals surface area contributed by atoms with E-state index in [-0.39, 0.29) is 35.4 Å². The molecule has 2 aliphatic rings. The molecule has 2 aromatic rings. The van der Waals surface area contributed by atoms with Crippen LogP contribution in [-0.2, 0) is 4.79 Å². The summed E-state index contributed by atoms with van der Waals surface area (Å²) in [6, 6.07) is 11.5. The molecular weight excluding hydrogens is 362 g/mol. The van der Waals surface area contributed by atoms with Gasteiger partial charge in [-0.15, -0.1) is 0 Å². The summed E-state index contributed by atoms with van der Waals surface area (Å²) in [5.41, 5.74) is 0.980. The molecule has 0 saturated carbocycles. The lowest BCUT2D eigenvalue weighted by Gasteiger charge is -2.25. The third kappa shape index (κ3) is 2.92. The Morgan fingerprint density at radius 3 is 2.54 bits per heavy atom. The number of benzene rings is 2. The number of amides is 2. The Kier molecular flexibility index (Phi) is 4.38. The molecule has 2 aliphatic heterocycles. The van der Waals surface area contributed by atoms with Crippen molar-refractivity contribution in [3.05, 3.63) is 69.8 Å². The van der Waals surface area contributed by atoms with Gasteiger partial charge in [0.1, 0.15) is 6.04 Å². The number of hydrogen-bond donors (Lipinski definition) is 0. The van der Waals surface area contributed by atoms with Gasteiger partial charge < -0.3 is 9.80 Å². The predicted molar refractivity (Wildman–Crippen MR) is 100 cm³/mol. The number of nitrogens with zero attached hydrogens (tertiary/aromatic N) is 3. The number of carbonyl (C=O) groups is 3. The Morgan fingerprint density at radius 2 is 1.82 bits per heavy atom. The first kappa shape index (κ1) is 17.8. The first-order valence-corrected chi connectivity index (χ1v) is 8.96. The van der Waals surface area contributed by atoms with Gasteiger partial charge in [-0.2, -0.15) is 0 Å². The number of fused-ring (bicyclic) bond motifs is 2. The molecule has 0 unspecified atom stereocenters. The minimum atomic E-state index is -0.565. The Morgan fingerprint density at radius 1 is 1.11 bits per heavy atom. The van der Waals surface area contributed by atoms with Crippen LogP contribution in [0, 0.1) is 10.1 Å². The van der Waals surface area contributed by atoms with Crippen molar-refractivity contribution in [3.8, 4) is 0 Å². The van der Waals surface area contributed by atoms with Crippen molar-refractivity contribution in [2.75, 3.05) is 18.0 Å². The predicted octanol–water partition coefficient (Wildman–Crippen LogP) is 2.43. The van der Waals surface area contributed by atoms with Crippen LogP contribution in [0.15, 0.2) is 48.5 Å². The number of non-ortho nitro benzene ring substituents is 1. The molecule has 8 heteroatoms. The second kappa shape index (κ2) is 6.88. The fraction of sp³-hybridized carbons (Fsp3) is 0.250. The Balaban J connectivity index is 1.68. The first-order chi connectivity index (χ1) is 13.5. The van der Waals surface area contributed by atoms with Crippen LogP contribution < -0.4 is 4.90 Å². The standard InChI is InChI=1S/C20H17N3O5/c24-18(13-7-9-14(10-8-13)23(27)28)12-22-16-5-2-1-4-15(16)19(25)21-11-3-6-17(21)20(22)26/h1-2,4-5,7-10,17H,3,6,11-12H2/t17-/m1/s1. The smallest absolute Gasteiger partial charge is 0.269 e. The molecule has 0 spiro atoms. The lowest BCUT2D eigenvalue weighted by atomic mass is 10.1. The van der Waals surface area contributed by atoms with Crippen molar-refractivity contribution in [3.63, 3.8) is 0 Å². The van der Waals surface area contributed by atoms with E-state index in [4.69, 9.17) is 0 Å². The fourth-order valence-corrected chi connectivity index (χ4v) is 3.78. The molecule has 4 rings (SSSR count). The number of ketones is 1. The van der Waals surface area contributed by atoms with E-state index in [0.717, 1.165) is 6.42 Å². The van der Waals surface area contributed by atoms with E-state index in [2.05, 4.69) is 0 Å². The zero-order chi connectivity index (χ0) is 19.8. The van der Waals surface area contributed by atoms with Crippen LogP contribution in [0.2, 0.25) is 0 Å². The Bertz CT molecular complexity index is 986. The van der Waals surface area contributed by atoms with Gasteiger partial charge in [0.2, 0.25) is 5.91 Å². The normalized spacial score (nSPS) is 18.5. The van der Waals surface area contributed by atoms with Gasteiger partial charge in [-0.25, -0.2) is 0 Å². The molecule has 2 heterocycles. The SMILES string of the molecule is O=C(CN1C(=O)[C@H]2CCCN2C(=O)c2ccccc21)c1ccc([N+](=O)[O-])cc1. The molecule has 142 valence electrons. The number of nitro benzene ring substituents is 1. The van der Waals surface area contributed by atoms with Gasteiger partial charge in [-0.05, 0) is 37.1 Å². The van der Waals surface area contributed by atoms with E-state index < -0.39 is 11.0 Å². The van der Waals surface area contributed by atoms with Crippen LogP contribution in [0.3, 0.4) is 0 Å². The average molecular weight is 379 g/mol. The van der Waals surface area contributed by atoms with E-state index in [1.165, 1.54) is 29.2 Å². The number of anilines is 1. The maximum Gasteiger partial charge on any atom is 0.269 e. The maximum atomic E-state index is 13.1. The van der Waals surface area contributed by atoms with E-state index >= 15 is 0 Å². The van der Waals surface area contributed by atoms with Crippen molar-refractivity contribution in [2.24, 2.45) is 0 Å². The summed E-state index contributed by atoms with van der Waals surface area (Å²) in [5, 5.41) is 10.8. The molecule has 0 aromatic heterocycles. The number of hydrogen-bond acceptors (Lipinski definition) is 5. The summed E-state index contributed by atoms with van der Waals surface area (Å²) in [6.45, 7) is 0.291. The van der Waals surface area contributed by atoms with Crippen molar-refractivity contribution in [1.29, 1.82) is 0 Å². The maximum absolute atomic E-state index is 13.1. The third-order valence-electron chi connectivity index (χ3n) is 5.19. The van der Waals surface area contributed by atoms with Crippen LogP contribution >= 0.6 is 0 Å². The van der Waals surface area contributed by atoms with E-state index in [9.17, 15) is 24.5 Å². The second-order valence-electron chi connectivity index (χ2n) is 6.83. The van der Waals surface area contributed by atoms with Crippen LogP contribution in [0.4, 0.5) is 11.4 Å². The monoisotopic (exact) mass is 379 g/mol. The topological polar surface area (TPSA) is 101 Å². The highest BCUT2D eigenvalue weighted by molar-refractivity contribution is 6.14. The molecule has 1 fully saturated rings. The first-order valence-electron chi connectivity index (χ1n) is 8.96. The molecule has 28 heavy (non-hydrogen) atoms. The molecular formula is C20H17N3O5. The van der Waals surface area contributed by atoms with Gasteiger partial charge in [-0.1, -0.05) is 12.1 Å². The highest BCUT2D eigenvalue weighted by atomic mass is 16.6. The van der Waals surface area contributed by atoms with E-state index in [0.29, 0.717) is 24.2 Å². The summed E-state index contributed by atoms with van der Waals surface area (Å²) in [6.07, 6.45) is 1.31. The highest BCUT2D eigenvalue weighted by Crippen LogP contribution is 2.32. The molecule has 2 aromatic carbocycles. The number of para-hydroxylation sites is 1. The Hall–Kier alpha value is -3.55. The molecule has 8 nitrogen and oxygen atoms in total. The molecule has 2 amide bonds. The molecule has 0 radical (unpaired) electrons. The summed E-state index contributed by atoms with van der Waals surface area (Å²) in [7, 11) is 0. The molecule has 1 saturated heterocycles. The molecule has 0 N–H and O–H groups in total. The quantitative estimate of drug-likeness (QED) is 0.461. The molecule has 1 atom stereocenters. The van der Waals surface area contributed by atoms with Crippen molar-refractivity contribution in [2.45, 2.75) is 18.9 Å². The van der Waals surface area contributed by atoms with Crippen LogP contribution in [0.5, 0.6) is 0 Å². The minimum Gasteiger partial charge on any atom is -0.327 e. The van der Waals surface area contributed by atoms with Gasteiger partial charge in [0.15, 0.2) is 5.78 Å². The zero-order valence-electron chi connectivity index (χ0n) is 14.9. The Labute approximate surface area is 160 Å². The molecule has 0 aliphatic carbocycles.